The molecule has 1 aliphatic rings. The van der Waals surface area contributed by atoms with Crippen molar-refractivity contribution in [3.05, 3.63) is 0 Å². The number of rotatable bonds is 9. The van der Waals surface area contributed by atoms with E-state index < -0.39 is 6.04 Å². The second-order valence-corrected chi connectivity index (χ2v) is 7.24. The van der Waals surface area contributed by atoms with Gasteiger partial charge in [-0.2, -0.15) is 0 Å². The summed E-state index contributed by atoms with van der Waals surface area (Å²) in [5.74, 6) is 0.630. The molecule has 0 radical (unpaired) electrons. The van der Waals surface area contributed by atoms with E-state index in [9.17, 15) is 14.7 Å². The lowest BCUT2D eigenvalue weighted by Crippen LogP contribution is -2.53. The average molecular weight is 341 g/mol. The Balaban J connectivity index is 2.51. The lowest BCUT2D eigenvalue weighted by molar-refractivity contribution is -0.135. The summed E-state index contributed by atoms with van der Waals surface area (Å²) in [5, 5.41) is 14.9. The van der Waals surface area contributed by atoms with Crippen molar-refractivity contribution in [1.82, 2.24) is 15.5 Å². The largest absolute Gasteiger partial charge is 0.396 e. The van der Waals surface area contributed by atoms with E-state index in [4.69, 9.17) is 0 Å². The van der Waals surface area contributed by atoms with Gasteiger partial charge in [0.05, 0.1) is 0 Å². The van der Waals surface area contributed by atoms with Crippen LogP contribution in [0.4, 0.5) is 4.79 Å². The predicted molar refractivity (Wildman–Crippen MR) is 95.7 cm³/mol. The number of piperidine rings is 1. The summed E-state index contributed by atoms with van der Waals surface area (Å²) in [6, 6.07) is -0.725. The molecule has 0 saturated carbocycles. The Morgan fingerprint density at radius 1 is 1.21 bits per heavy atom. The highest BCUT2D eigenvalue weighted by Gasteiger charge is 2.29. The highest BCUT2D eigenvalue weighted by atomic mass is 16.3. The van der Waals surface area contributed by atoms with E-state index in [-0.39, 0.29) is 18.5 Å². The van der Waals surface area contributed by atoms with Crippen LogP contribution in [0.15, 0.2) is 0 Å². The zero-order valence-corrected chi connectivity index (χ0v) is 15.5. The van der Waals surface area contributed by atoms with Crippen molar-refractivity contribution in [2.45, 2.75) is 65.3 Å². The Morgan fingerprint density at radius 3 is 2.42 bits per heavy atom. The molecule has 0 unspecified atom stereocenters. The molecular weight excluding hydrogens is 306 g/mol. The molecule has 1 saturated heterocycles. The number of aliphatic hydroxyl groups excluding tert-OH is 1. The number of likely N-dealkylation sites (tertiary alicyclic amines) is 1. The molecule has 6 nitrogen and oxygen atoms in total. The quantitative estimate of drug-likeness (QED) is 0.562. The molecule has 1 fully saturated rings. The minimum Gasteiger partial charge on any atom is -0.396 e. The van der Waals surface area contributed by atoms with E-state index in [0.29, 0.717) is 37.9 Å². The first kappa shape index (κ1) is 20.7. The maximum Gasteiger partial charge on any atom is 0.315 e. The predicted octanol–water partition coefficient (Wildman–Crippen LogP) is 2.12. The maximum absolute atomic E-state index is 12.8. The van der Waals surface area contributed by atoms with Gasteiger partial charge in [-0.3, -0.25) is 4.79 Å². The van der Waals surface area contributed by atoms with Crippen molar-refractivity contribution in [1.29, 1.82) is 0 Å². The van der Waals surface area contributed by atoms with Gasteiger partial charge in [-0.15, -0.1) is 0 Å². The molecule has 24 heavy (non-hydrogen) atoms. The van der Waals surface area contributed by atoms with Crippen LogP contribution in [0.3, 0.4) is 0 Å². The smallest absolute Gasteiger partial charge is 0.315 e. The van der Waals surface area contributed by atoms with Crippen LogP contribution < -0.4 is 10.6 Å². The number of amides is 3. The number of carbonyl (C=O) groups excluding carboxylic acids is 2. The average Bonchev–Trinajstić information content (AvgIpc) is 2.57. The standard InChI is InChI=1S/C18H35N3O3/c1-4-5-6-9-19-18(24)20-16(12-14(2)3)17(23)21-10-7-15(13-22)8-11-21/h14-16,22H,4-13H2,1-3H3,(H2,19,20,24)/t16-/m0/s1. The van der Waals surface area contributed by atoms with Crippen molar-refractivity contribution in [3.8, 4) is 0 Å². The SMILES string of the molecule is CCCCCNC(=O)N[C@@H](CC(C)C)C(=O)N1CCC(CO)CC1. The summed E-state index contributed by atoms with van der Waals surface area (Å²) in [4.78, 5) is 26.6. The van der Waals surface area contributed by atoms with Crippen LogP contribution in [0.25, 0.3) is 0 Å². The first-order valence-corrected chi connectivity index (χ1v) is 9.41. The molecule has 0 aromatic carbocycles. The molecule has 0 aliphatic carbocycles. The number of carbonyl (C=O) groups is 2. The fourth-order valence-corrected chi connectivity index (χ4v) is 3.04. The summed E-state index contributed by atoms with van der Waals surface area (Å²) >= 11 is 0. The van der Waals surface area contributed by atoms with Gasteiger partial charge < -0.3 is 20.6 Å². The van der Waals surface area contributed by atoms with Gasteiger partial charge in [-0.05, 0) is 37.5 Å². The summed E-state index contributed by atoms with van der Waals surface area (Å²) < 4.78 is 0. The molecule has 3 amide bonds. The molecule has 1 heterocycles. The summed E-state index contributed by atoms with van der Waals surface area (Å²) in [5.41, 5.74) is 0. The normalized spacial score (nSPS) is 17.0. The van der Waals surface area contributed by atoms with Crippen LogP contribution in [0.1, 0.15) is 59.3 Å². The van der Waals surface area contributed by atoms with Crippen LogP contribution >= 0.6 is 0 Å². The number of hydrogen-bond donors (Lipinski definition) is 3. The number of nitrogens with zero attached hydrogens (tertiary/aromatic N) is 1. The lowest BCUT2D eigenvalue weighted by Gasteiger charge is -2.34. The van der Waals surface area contributed by atoms with Crippen LogP contribution in [0.2, 0.25) is 0 Å². The molecular formula is C18H35N3O3. The van der Waals surface area contributed by atoms with E-state index in [2.05, 4.69) is 31.4 Å². The molecule has 0 spiro atoms. The number of urea groups is 1. The fraction of sp³-hybridized carbons (Fsp3) is 0.889. The number of hydrogen-bond acceptors (Lipinski definition) is 3. The van der Waals surface area contributed by atoms with Gasteiger partial charge in [0.2, 0.25) is 5.91 Å². The number of aliphatic hydroxyl groups is 1. The van der Waals surface area contributed by atoms with Crippen molar-refractivity contribution in [2.24, 2.45) is 11.8 Å². The van der Waals surface area contributed by atoms with Gasteiger partial charge in [0.15, 0.2) is 0 Å². The molecule has 1 rings (SSSR count). The Kier molecular flexibility index (Phi) is 9.76. The highest BCUT2D eigenvalue weighted by molar-refractivity contribution is 5.87. The van der Waals surface area contributed by atoms with Gasteiger partial charge >= 0.3 is 6.03 Å². The van der Waals surface area contributed by atoms with Crippen molar-refractivity contribution in [2.75, 3.05) is 26.2 Å². The van der Waals surface area contributed by atoms with Crippen LogP contribution in [-0.4, -0.2) is 54.2 Å². The lowest BCUT2D eigenvalue weighted by atomic mass is 9.96. The molecule has 0 aromatic heterocycles. The summed E-state index contributed by atoms with van der Waals surface area (Å²) in [6.45, 7) is 8.40. The topological polar surface area (TPSA) is 81.7 Å². The number of nitrogens with one attached hydrogen (secondary N) is 2. The molecule has 0 bridgehead atoms. The Hall–Kier alpha value is -1.30. The Morgan fingerprint density at radius 2 is 1.88 bits per heavy atom. The third kappa shape index (κ3) is 7.51. The van der Waals surface area contributed by atoms with Crippen LogP contribution in [0, 0.1) is 11.8 Å². The van der Waals surface area contributed by atoms with Gasteiger partial charge in [-0.25, -0.2) is 4.79 Å². The fourth-order valence-electron chi connectivity index (χ4n) is 3.04. The van der Waals surface area contributed by atoms with Crippen molar-refractivity contribution in [3.63, 3.8) is 0 Å². The Bertz CT molecular complexity index is 380. The molecule has 1 atom stereocenters. The van der Waals surface area contributed by atoms with Gasteiger partial charge in [-0.1, -0.05) is 33.6 Å². The number of unbranched alkanes of at least 4 members (excludes halogenated alkanes) is 2. The first-order chi connectivity index (χ1) is 11.5. The zero-order chi connectivity index (χ0) is 17.9. The molecule has 1 aliphatic heterocycles. The third-order valence-corrected chi connectivity index (χ3v) is 4.56. The van der Waals surface area contributed by atoms with E-state index in [1.807, 2.05) is 4.90 Å². The van der Waals surface area contributed by atoms with E-state index in [0.717, 1.165) is 32.1 Å². The second-order valence-electron chi connectivity index (χ2n) is 7.24. The van der Waals surface area contributed by atoms with Crippen LogP contribution in [-0.2, 0) is 4.79 Å². The molecule has 6 heteroatoms. The van der Waals surface area contributed by atoms with Gasteiger partial charge in [0.25, 0.3) is 0 Å². The summed E-state index contributed by atoms with van der Waals surface area (Å²) in [7, 11) is 0. The van der Waals surface area contributed by atoms with Gasteiger partial charge in [0.1, 0.15) is 6.04 Å². The minimum absolute atomic E-state index is 0.00352. The molecule has 3 N–H and O–H groups in total. The van der Waals surface area contributed by atoms with Gasteiger partial charge in [0, 0.05) is 26.2 Å². The van der Waals surface area contributed by atoms with Crippen molar-refractivity contribution >= 4 is 11.9 Å². The molecule has 0 aromatic rings. The third-order valence-electron chi connectivity index (χ3n) is 4.56. The van der Waals surface area contributed by atoms with E-state index in [1.54, 1.807) is 0 Å². The molecule has 140 valence electrons. The monoisotopic (exact) mass is 341 g/mol. The van der Waals surface area contributed by atoms with E-state index >= 15 is 0 Å². The first-order valence-electron chi connectivity index (χ1n) is 9.41. The second kappa shape index (κ2) is 11.3. The maximum atomic E-state index is 12.8. The summed E-state index contributed by atoms with van der Waals surface area (Å²) in [6.07, 6.45) is 5.47. The van der Waals surface area contributed by atoms with E-state index in [1.165, 1.54) is 0 Å². The minimum atomic E-state index is -0.471. The Labute approximate surface area is 146 Å². The zero-order valence-electron chi connectivity index (χ0n) is 15.5. The van der Waals surface area contributed by atoms with Crippen molar-refractivity contribution < 1.29 is 14.7 Å². The highest BCUT2D eigenvalue weighted by Crippen LogP contribution is 2.18. The van der Waals surface area contributed by atoms with Crippen LogP contribution in [0.5, 0.6) is 0 Å².